The third-order valence-corrected chi connectivity index (χ3v) is 4.53. The van der Waals surface area contributed by atoms with Crippen molar-refractivity contribution >= 4 is 32.8 Å². The quantitative estimate of drug-likeness (QED) is 0.649. The highest BCUT2D eigenvalue weighted by Crippen LogP contribution is 2.35. The molecule has 2 N–H and O–H groups in total. The first kappa shape index (κ1) is 15.8. The number of hydrogen-bond donors (Lipinski definition) is 2. The number of aromatic nitrogens is 1. The fraction of sp³-hybridized carbons (Fsp3) is 0.211. The third kappa shape index (κ3) is 3.04. The zero-order valence-corrected chi connectivity index (χ0v) is 14.6. The van der Waals surface area contributed by atoms with Crippen LogP contribution in [0.4, 0.5) is 0 Å². The lowest BCUT2D eigenvalue weighted by Gasteiger charge is -2.06. The van der Waals surface area contributed by atoms with E-state index in [1.165, 1.54) is 5.56 Å². The number of carboxylic acid groups (broad SMARTS) is 1. The van der Waals surface area contributed by atoms with Crippen LogP contribution in [0.1, 0.15) is 30.9 Å². The molecule has 0 bridgehead atoms. The second-order valence-electron chi connectivity index (χ2n) is 5.98. The second kappa shape index (κ2) is 6.20. The molecule has 0 atom stereocenters. The molecule has 0 aliphatic heterocycles. The van der Waals surface area contributed by atoms with Crippen LogP contribution >= 0.6 is 15.9 Å². The average Bonchev–Trinajstić information content (AvgIpc) is 2.85. The molecule has 0 amide bonds. The van der Waals surface area contributed by atoms with Crippen LogP contribution in [0.15, 0.2) is 46.9 Å². The molecule has 0 unspecified atom stereocenters. The van der Waals surface area contributed by atoms with Crippen LogP contribution in [0.5, 0.6) is 0 Å². The molecule has 0 aliphatic rings. The summed E-state index contributed by atoms with van der Waals surface area (Å²) in [5.74, 6) is -0.456. The van der Waals surface area contributed by atoms with Gasteiger partial charge in [-0.15, -0.1) is 0 Å². The van der Waals surface area contributed by atoms with E-state index >= 15 is 0 Å². The number of rotatable bonds is 4. The zero-order valence-electron chi connectivity index (χ0n) is 13.1. The Morgan fingerprint density at radius 1 is 1.22 bits per heavy atom. The molecule has 118 valence electrons. The van der Waals surface area contributed by atoms with Crippen molar-refractivity contribution in [2.45, 2.75) is 26.2 Å². The number of carboxylic acids is 1. The van der Waals surface area contributed by atoms with E-state index in [4.69, 9.17) is 0 Å². The van der Waals surface area contributed by atoms with E-state index in [0.717, 1.165) is 32.2 Å². The molecule has 4 heteroatoms. The van der Waals surface area contributed by atoms with Crippen molar-refractivity contribution in [3.63, 3.8) is 0 Å². The van der Waals surface area contributed by atoms with Crippen molar-refractivity contribution in [1.82, 2.24) is 4.98 Å². The van der Waals surface area contributed by atoms with Gasteiger partial charge < -0.3 is 10.1 Å². The molecule has 3 aromatic rings. The molecule has 3 nitrogen and oxygen atoms in total. The Morgan fingerprint density at radius 2 is 1.96 bits per heavy atom. The van der Waals surface area contributed by atoms with Gasteiger partial charge in [-0.2, -0.15) is 0 Å². The van der Waals surface area contributed by atoms with Gasteiger partial charge in [-0.3, -0.25) is 4.79 Å². The largest absolute Gasteiger partial charge is 0.481 e. The number of aromatic amines is 1. The van der Waals surface area contributed by atoms with Crippen LogP contribution in [-0.2, 0) is 11.2 Å². The number of benzene rings is 2. The molecule has 0 radical (unpaired) electrons. The van der Waals surface area contributed by atoms with Crippen molar-refractivity contribution in [1.29, 1.82) is 0 Å². The Morgan fingerprint density at radius 3 is 2.61 bits per heavy atom. The highest BCUT2D eigenvalue weighted by Gasteiger charge is 2.18. The summed E-state index contributed by atoms with van der Waals surface area (Å²) in [4.78, 5) is 14.8. The number of carbonyl (C=O) groups is 1. The van der Waals surface area contributed by atoms with Crippen LogP contribution in [0.25, 0.3) is 22.2 Å². The van der Waals surface area contributed by atoms with Crippen molar-refractivity contribution < 1.29 is 9.90 Å². The maximum atomic E-state index is 11.4. The molecule has 2 aromatic carbocycles. The van der Waals surface area contributed by atoms with E-state index in [1.807, 2.05) is 36.4 Å². The van der Waals surface area contributed by atoms with Gasteiger partial charge in [-0.05, 0) is 34.7 Å². The maximum Gasteiger partial charge on any atom is 0.307 e. The van der Waals surface area contributed by atoms with E-state index in [-0.39, 0.29) is 6.42 Å². The molecule has 0 aliphatic carbocycles. The van der Waals surface area contributed by atoms with Gasteiger partial charge in [0, 0.05) is 15.4 Å². The number of aliphatic carboxylic acids is 1. The minimum Gasteiger partial charge on any atom is -0.481 e. The minimum atomic E-state index is -0.822. The lowest BCUT2D eigenvalue weighted by molar-refractivity contribution is -0.136. The smallest absolute Gasteiger partial charge is 0.307 e. The molecular weight excluding hydrogens is 354 g/mol. The van der Waals surface area contributed by atoms with Gasteiger partial charge in [0.15, 0.2) is 0 Å². The topological polar surface area (TPSA) is 53.1 Å². The van der Waals surface area contributed by atoms with Crippen LogP contribution < -0.4 is 0 Å². The molecular formula is C19H18BrNO2. The van der Waals surface area contributed by atoms with Crippen molar-refractivity contribution in [2.75, 3.05) is 0 Å². The van der Waals surface area contributed by atoms with E-state index < -0.39 is 5.97 Å². The van der Waals surface area contributed by atoms with E-state index in [2.05, 4.69) is 40.8 Å². The van der Waals surface area contributed by atoms with Crippen molar-refractivity contribution in [2.24, 2.45) is 0 Å². The molecule has 23 heavy (non-hydrogen) atoms. The Bertz CT molecular complexity index is 880. The SMILES string of the molecule is CC(C)c1cccc2c(CC(=O)O)c(-c3cccc(Br)c3)[nH]c12. The molecule has 3 rings (SSSR count). The van der Waals surface area contributed by atoms with Crippen molar-refractivity contribution in [3.05, 3.63) is 58.1 Å². The second-order valence-corrected chi connectivity index (χ2v) is 6.90. The highest BCUT2D eigenvalue weighted by atomic mass is 79.9. The van der Waals surface area contributed by atoms with Gasteiger partial charge in [-0.1, -0.05) is 60.1 Å². The van der Waals surface area contributed by atoms with Crippen LogP contribution in [0.3, 0.4) is 0 Å². The van der Waals surface area contributed by atoms with Gasteiger partial charge >= 0.3 is 5.97 Å². The normalized spacial score (nSPS) is 11.3. The Hall–Kier alpha value is -2.07. The Balaban J connectivity index is 2.31. The standard InChI is InChI=1S/C19H18BrNO2/c1-11(2)14-7-4-8-15-16(10-17(22)23)18(21-19(14)15)12-5-3-6-13(20)9-12/h3-9,11,21H,10H2,1-2H3,(H,22,23). The van der Waals surface area contributed by atoms with Gasteiger partial charge in [0.05, 0.1) is 12.1 Å². The number of H-pyrrole nitrogens is 1. The Kier molecular flexibility index (Phi) is 4.26. The number of fused-ring (bicyclic) bond motifs is 1. The summed E-state index contributed by atoms with van der Waals surface area (Å²) >= 11 is 3.49. The fourth-order valence-electron chi connectivity index (χ4n) is 3.00. The number of para-hydroxylation sites is 1. The van der Waals surface area contributed by atoms with Crippen LogP contribution in [0.2, 0.25) is 0 Å². The molecule has 1 heterocycles. The molecule has 0 saturated heterocycles. The monoisotopic (exact) mass is 371 g/mol. The predicted octanol–water partition coefficient (Wildman–Crippen LogP) is 5.35. The lowest BCUT2D eigenvalue weighted by atomic mass is 9.98. The molecule has 1 aromatic heterocycles. The average molecular weight is 372 g/mol. The number of hydrogen-bond acceptors (Lipinski definition) is 1. The summed E-state index contributed by atoms with van der Waals surface area (Å²) < 4.78 is 0.971. The molecule has 0 spiro atoms. The maximum absolute atomic E-state index is 11.4. The summed E-state index contributed by atoms with van der Waals surface area (Å²) in [6, 6.07) is 14.0. The van der Waals surface area contributed by atoms with Crippen LogP contribution in [0, 0.1) is 0 Å². The molecule has 0 fully saturated rings. The Labute approximate surface area is 143 Å². The first-order chi connectivity index (χ1) is 11.0. The summed E-state index contributed by atoms with van der Waals surface area (Å²) in [5.41, 5.74) is 4.95. The summed E-state index contributed by atoms with van der Waals surface area (Å²) in [7, 11) is 0. The molecule has 0 saturated carbocycles. The summed E-state index contributed by atoms with van der Waals surface area (Å²) in [6.45, 7) is 4.29. The van der Waals surface area contributed by atoms with Gasteiger partial charge in [0.1, 0.15) is 0 Å². The number of nitrogens with one attached hydrogen (secondary N) is 1. The summed E-state index contributed by atoms with van der Waals surface area (Å²) in [6.07, 6.45) is 0.00337. The van der Waals surface area contributed by atoms with E-state index in [9.17, 15) is 9.90 Å². The van der Waals surface area contributed by atoms with Crippen LogP contribution in [-0.4, -0.2) is 16.1 Å². The minimum absolute atomic E-state index is 0.00337. The number of halogens is 1. The fourth-order valence-corrected chi connectivity index (χ4v) is 3.40. The zero-order chi connectivity index (χ0) is 16.6. The van der Waals surface area contributed by atoms with E-state index in [0.29, 0.717) is 5.92 Å². The predicted molar refractivity (Wildman–Crippen MR) is 96.9 cm³/mol. The first-order valence-electron chi connectivity index (χ1n) is 7.58. The van der Waals surface area contributed by atoms with Gasteiger partial charge in [0.25, 0.3) is 0 Å². The van der Waals surface area contributed by atoms with Crippen molar-refractivity contribution in [3.8, 4) is 11.3 Å². The van der Waals surface area contributed by atoms with Gasteiger partial charge in [-0.25, -0.2) is 0 Å². The third-order valence-electron chi connectivity index (χ3n) is 4.04. The van der Waals surface area contributed by atoms with Gasteiger partial charge in [0.2, 0.25) is 0 Å². The first-order valence-corrected chi connectivity index (χ1v) is 8.38. The lowest BCUT2D eigenvalue weighted by Crippen LogP contribution is -2.01. The highest BCUT2D eigenvalue weighted by molar-refractivity contribution is 9.10. The van der Waals surface area contributed by atoms with E-state index in [1.54, 1.807) is 0 Å². The summed E-state index contributed by atoms with van der Waals surface area (Å²) in [5, 5.41) is 10.3.